The summed E-state index contributed by atoms with van der Waals surface area (Å²) in [5.74, 6) is -0.364. The molecule has 1 heterocycles. The Morgan fingerprint density at radius 1 is 1.16 bits per heavy atom. The van der Waals surface area contributed by atoms with Crippen molar-refractivity contribution < 1.29 is 14.3 Å². The van der Waals surface area contributed by atoms with Crippen LogP contribution < -0.4 is 4.48 Å². The molecular formula is C20H20BrFNO2+. The number of halogens is 2. The Kier molecular flexibility index (Phi) is 4.33. The summed E-state index contributed by atoms with van der Waals surface area (Å²) in [6.45, 7) is 6.22. The lowest BCUT2D eigenvalue weighted by Gasteiger charge is -2.36. The second kappa shape index (κ2) is 6.07. The molecule has 5 heteroatoms. The highest BCUT2D eigenvalue weighted by Crippen LogP contribution is 2.48. The maximum absolute atomic E-state index is 13.7. The van der Waals surface area contributed by atoms with Crippen LogP contribution in [0.3, 0.4) is 0 Å². The number of carbonyl (C=O) groups is 1. The van der Waals surface area contributed by atoms with Gasteiger partial charge in [0.05, 0.1) is 0 Å². The van der Waals surface area contributed by atoms with Crippen molar-refractivity contribution in [2.45, 2.75) is 27.3 Å². The molecule has 2 aromatic carbocycles. The van der Waals surface area contributed by atoms with E-state index >= 15 is 0 Å². The fourth-order valence-electron chi connectivity index (χ4n) is 3.47. The van der Waals surface area contributed by atoms with Crippen molar-refractivity contribution in [2.24, 2.45) is 5.41 Å². The van der Waals surface area contributed by atoms with Crippen LogP contribution in [0.1, 0.15) is 31.9 Å². The first kappa shape index (κ1) is 17.8. The molecule has 0 aromatic heterocycles. The molecule has 1 aliphatic heterocycles. The SMILES string of the molecule is CC(C)(C)C1=Cc2cc(F)ccc2[N+]1(Cc1ccc(Br)cc1)C(=O)O. The number of quaternary nitrogens is 1. The lowest BCUT2D eigenvalue weighted by Crippen LogP contribution is -2.53. The van der Waals surface area contributed by atoms with Gasteiger partial charge in [0.25, 0.3) is 0 Å². The van der Waals surface area contributed by atoms with E-state index in [-0.39, 0.29) is 22.3 Å². The highest BCUT2D eigenvalue weighted by Gasteiger charge is 2.53. The number of carboxylic acid groups (broad SMARTS) is 1. The van der Waals surface area contributed by atoms with Gasteiger partial charge in [0, 0.05) is 33.2 Å². The van der Waals surface area contributed by atoms with Gasteiger partial charge in [-0.05, 0) is 24.3 Å². The third-order valence-corrected chi connectivity index (χ3v) is 5.06. The van der Waals surface area contributed by atoms with Crippen LogP contribution in [0, 0.1) is 11.2 Å². The van der Waals surface area contributed by atoms with Crippen LogP contribution in [-0.2, 0) is 6.54 Å². The van der Waals surface area contributed by atoms with E-state index in [1.54, 1.807) is 6.07 Å². The first-order valence-electron chi connectivity index (χ1n) is 8.03. The largest absolute Gasteiger partial charge is 0.524 e. The van der Waals surface area contributed by atoms with E-state index in [1.165, 1.54) is 12.1 Å². The summed E-state index contributed by atoms with van der Waals surface area (Å²) < 4.78 is 14.3. The van der Waals surface area contributed by atoms with E-state index in [9.17, 15) is 14.3 Å². The molecule has 1 unspecified atom stereocenters. The normalized spacial score (nSPS) is 19.5. The van der Waals surface area contributed by atoms with Gasteiger partial charge in [0.2, 0.25) is 0 Å². The van der Waals surface area contributed by atoms with Crippen LogP contribution in [0.4, 0.5) is 14.9 Å². The number of amides is 1. The second-order valence-electron chi connectivity index (χ2n) is 7.36. The van der Waals surface area contributed by atoms with Gasteiger partial charge < -0.3 is 5.11 Å². The van der Waals surface area contributed by atoms with Gasteiger partial charge in [-0.25, -0.2) is 4.39 Å². The van der Waals surface area contributed by atoms with Crippen LogP contribution in [0.25, 0.3) is 6.08 Å². The zero-order valence-corrected chi connectivity index (χ0v) is 16.0. The Morgan fingerprint density at radius 3 is 2.36 bits per heavy atom. The molecule has 1 aliphatic rings. The fourth-order valence-corrected chi connectivity index (χ4v) is 3.74. The number of nitrogens with zero attached hydrogens (tertiary/aromatic N) is 1. The fraction of sp³-hybridized carbons (Fsp3) is 0.250. The Morgan fingerprint density at radius 2 is 1.80 bits per heavy atom. The summed E-state index contributed by atoms with van der Waals surface area (Å²) >= 11 is 3.40. The number of allylic oxidation sites excluding steroid dienone is 1. The molecule has 0 fully saturated rings. The van der Waals surface area contributed by atoms with E-state index in [2.05, 4.69) is 15.9 Å². The molecule has 25 heavy (non-hydrogen) atoms. The van der Waals surface area contributed by atoms with Crippen LogP contribution in [-0.4, -0.2) is 11.2 Å². The maximum Gasteiger partial charge on any atom is 0.524 e. The lowest BCUT2D eigenvalue weighted by atomic mass is 9.89. The summed E-state index contributed by atoms with van der Waals surface area (Å²) in [4.78, 5) is 12.5. The zero-order valence-electron chi connectivity index (χ0n) is 14.4. The van der Waals surface area contributed by atoms with Crippen LogP contribution in [0.15, 0.2) is 52.6 Å². The van der Waals surface area contributed by atoms with Gasteiger partial charge in [0.1, 0.15) is 18.1 Å². The van der Waals surface area contributed by atoms with E-state index in [0.29, 0.717) is 11.3 Å². The average Bonchev–Trinajstić information content (AvgIpc) is 2.84. The van der Waals surface area contributed by atoms with Gasteiger partial charge in [0.15, 0.2) is 5.69 Å². The van der Waals surface area contributed by atoms with Gasteiger partial charge in [-0.3, -0.25) is 0 Å². The van der Waals surface area contributed by atoms with Crippen molar-refractivity contribution >= 4 is 33.8 Å². The molecule has 1 N–H and O–H groups in total. The third kappa shape index (κ3) is 3.02. The van der Waals surface area contributed by atoms with Crippen molar-refractivity contribution in [2.75, 3.05) is 0 Å². The second-order valence-corrected chi connectivity index (χ2v) is 8.28. The van der Waals surface area contributed by atoms with Gasteiger partial charge in [-0.2, -0.15) is 9.28 Å². The Bertz CT molecular complexity index is 868. The number of rotatable bonds is 2. The summed E-state index contributed by atoms with van der Waals surface area (Å²) in [6, 6.07) is 11.9. The van der Waals surface area contributed by atoms with Gasteiger partial charge >= 0.3 is 6.09 Å². The Labute approximate surface area is 155 Å². The Hall–Kier alpha value is -1.98. The molecule has 1 amide bonds. The number of fused-ring (bicyclic) bond motifs is 1. The summed E-state index contributed by atoms with van der Waals surface area (Å²) in [6.07, 6.45) is 0.861. The van der Waals surface area contributed by atoms with E-state index in [1.807, 2.05) is 51.1 Å². The van der Waals surface area contributed by atoms with Crippen molar-refractivity contribution in [3.63, 3.8) is 0 Å². The monoisotopic (exact) mass is 404 g/mol. The summed E-state index contributed by atoms with van der Waals surface area (Å²) in [7, 11) is 0. The molecule has 3 nitrogen and oxygen atoms in total. The third-order valence-electron chi connectivity index (χ3n) is 4.53. The molecule has 0 spiro atoms. The van der Waals surface area contributed by atoms with E-state index < -0.39 is 6.09 Å². The first-order chi connectivity index (χ1) is 11.6. The molecular weight excluding hydrogens is 385 g/mol. The molecule has 0 radical (unpaired) electrons. The number of hydrogen-bond acceptors (Lipinski definition) is 1. The zero-order chi connectivity index (χ0) is 18.4. The topological polar surface area (TPSA) is 37.3 Å². The smallest absolute Gasteiger partial charge is 0.435 e. The highest BCUT2D eigenvalue weighted by molar-refractivity contribution is 9.10. The van der Waals surface area contributed by atoms with Crippen molar-refractivity contribution in [3.8, 4) is 0 Å². The lowest BCUT2D eigenvalue weighted by molar-refractivity contribution is 0.148. The van der Waals surface area contributed by atoms with Crippen LogP contribution in [0.2, 0.25) is 0 Å². The molecule has 0 aliphatic carbocycles. The van der Waals surface area contributed by atoms with E-state index in [0.717, 1.165) is 15.7 Å². The molecule has 2 aromatic rings. The minimum Gasteiger partial charge on any atom is -0.435 e. The quantitative estimate of drug-likeness (QED) is 0.607. The van der Waals surface area contributed by atoms with Crippen molar-refractivity contribution in [1.29, 1.82) is 0 Å². The highest BCUT2D eigenvalue weighted by atomic mass is 79.9. The molecule has 0 bridgehead atoms. The summed E-state index contributed by atoms with van der Waals surface area (Å²) in [5.41, 5.74) is 2.48. The first-order valence-corrected chi connectivity index (χ1v) is 8.83. The standard InChI is InChI=1S/C20H19BrFNO2/c1-20(2,3)18-11-14-10-16(22)8-9-17(14)23(18,19(24)25)12-13-4-6-15(21)7-5-13/h4-11H,12H2,1-3H3/p+1. The summed E-state index contributed by atoms with van der Waals surface area (Å²) in [5, 5.41) is 10.3. The van der Waals surface area contributed by atoms with Gasteiger partial charge in [-0.1, -0.05) is 48.8 Å². The Balaban J connectivity index is 2.23. The van der Waals surface area contributed by atoms with Crippen molar-refractivity contribution in [1.82, 2.24) is 4.48 Å². The minimum absolute atomic E-state index is 0.268. The molecule has 130 valence electrons. The van der Waals surface area contributed by atoms with Crippen LogP contribution in [0.5, 0.6) is 0 Å². The molecule has 0 saturated carbocycles. The minimum atomic E-state index is -0.963. The van der Waals surface area contributed by atoms with Gasteiger partial charge in [-0.15, -0.1) is 0 Å². The predicted molar refractivity (Wildman–Crippen MR) is 101 cm³/mol. The van der Waals surface area contributed by atoms with Crippen molar-refractivity contribution in [3.05, 3.63) is 69.6 Å². The van der Waals surface area contributed by atoms with Crippen LogP contribution >= 0.6 is 15.9 Å². The molecule has 0 saturated heterocycles. The number of benzene rings is 2. The maximum atomic E-state index is 13.7. The molecule has 3 rings (SSSR count). The van der Waals surface area contributed by atoms with E-state index in [4.69, 9.17) is 0 Å². The predicted octanol–water partition coefficient (Wildman–Crippen LogP) is 6.17. The average molecular weight is 405 g/mol. The number of hydrogen-bond donors (Lipinski definition) is 1. The molecule has 1 atom stereocenters.